The highest BCUT2D eigenvalue weighted by atomic mass is 16.5. The van der Waals surface area contributed by atoms with Gasteiger partial charge >= 0.3 is 0 Å². The smallest absolute Gasteiger partial charge is 0.268 e. The van der Waals surface area contributed by atoms with Crippen LogP contribution in [0.3, 0.4) is 0 Å². The molecule has 2 aromatic rings. The highest BCUT2D eigenvalue weighted by molar-refractivity contribution is 5.98. The predicted octanol–water partition coefficient (Wildman–Crippen LogP) is 0.235. The number of hydrogen-bond acceptors (Lipinski definition) is 6. The summed E-state index contributed by atoms with van der Waals surface area (Å²) in [7, 11) is 0. The summed E-state index contributed by atoms with van der Waals surface area (Å²) < 4.78 is 0. The average molecular weight is 386 g/mol. The number of hydrogen-bond donors (Lipinski definition) is 6. The molecule has 0 fully saturated rings. The molecule has 0 bridgehead atoms. The summed E-state index contributed by atoms with van der Waals surface area (Å²) in [6.45, 7) is 1.23. The molecule has 9 nitrogen and oxygen atoms in total. The number of aliphatic hydroxyl groups is 1. The third-order valence-electron chi connectivity index (χ3n) is 4.00. The van der Waals surface area contributed by atoms with Crippen LogP contribution < -0.4 is 21.8 Å². The lowest BCUT2D eigenvalue weighted by atomic mass is 10.0. The second-order valence-electron chi connectivity index (χ2n) is 6.07. The van der Waals surface area contributed by atoms with Gasteiger partial charge in [0.2, 0.25) is 5.91 Å². The van der Waals surface area contributed by atoms with E-state index in [1.165, 1.54) is 12.4 Å². The van der Waals surface area contributed by atoms with Crippen LogP contribution in [0.2, 0.25) is 0 Å². The van der Waals surface area contributed by atoms with Gasteiger partial charge in [-0.15, -0.1) is 0 Å². The summed E-state index contributed by atoms with van der Waals surface area (Å²) in [4.78, 5) is 35.1. The van der Waals surface area contributed by atoms with Crippen molar-refractivity contribution in [1.29, 1.82) is 0 Å². The van der Waals surface area contributed by atoms with Crippen molar-refractivity contribution in [2.75, 3.05) is 11.9 Å². The van der Waals surface area contributed by atoms with Crippen LogP contribution in [0.15, 0.2) is 48.5 Å². The van der Waals surface area contributed by atoms with Crippen molar-refractivity contribution in [3.8, 4) is 11.1 Å². The van der Waals surface area contributed by atoms with Crippen molar-refractivity contribution in [2.45, 2.75) is 19.1 Å². The molecule has 28 heavy (non-hydrogen) atoms. The van der Waals surface area contributed by atoms with Gasteiger partial charge in [-0.05, 0) is 42.3 Å². The maximum Gasteiger partial charge on any atom is 0.268 e. The van der Waals surface area contributed by atoms with Crippen LogP contribution in [-0.4, -0.2) is 46.7 Å². The van der Waals surface area contributed by atoms with E-state index >= 15 is 0 Å². The van der Waals surface area contributed by atoms with Crippen LogP contribution >= 0.6 is 0 Å². The Bertz CT molecular complexity index is 834. The molecule has 2 atom stereocenters. The molecule has 9 heteroatoms. The second-order valence-corrected chi connectivity index (χ2v) is 6.07. The van der Waals surface area contributed by atoms with Gasteiger partial charge in [-0.1, -0.05) is 24.3 Å². The van der Waals surface area contributed by atoms with Crippen LogP contribution in [0, 0.1) is 0 Å². The first kappa shape index (κ1) is 21.0. The largest absolute Gasteiger partial charge is 0.391 e. The molecule has 0 saturated heterocycles. The van der Waals surface area contributed by atoms with Crippen LogP contribution in [0.5, 0.6) is 0 Å². The van der Waals surface area contributed by atoms with Crippen molar-refractivity contribution in [3.05, 3.63) is 54.1 Å². The molecule has 0 unspecified atom stereocenters. The SMILES string of the molecule is C[C@@H](O)[C@H](NC(=O)c1ccc(-c2ccc(NC(=O)CN)cc2)cc1)C(=O)NO. The quantitative estimate of drug-likeness (QED) is 0.296. The van der Waals surface area contributed by atoms with Gasteiger partial charge in [0.15, 0.2) is 0 Å². The Balaban J connectivity index is 2.09. The van der Waals surface area contributed by atoms with Gasteiger partial charge in [-0.3, -0.25) is 19.6 Å². The Labute approximate surface area is 161 Å². The number of benzene rings is 2. The molecule has 0 spiro atoms. The minimum Gasteiger partial charge on any atom is -0.391 e. The van der Waals surface area contributed by atoms with E-state index in [9.17, 15) is 19.5 Å². The molecule has 7 N–H and O–H groups in total. The molecule has 3 amide bonds. The maximum absolute atomic E-state index is 12.3. The van der Waals surface area contributed by atoms with Gasteiger partial charge in [0.25, 0.3) is 11.8 Å². The van der Waals surface area contributed by atoms with Gasteiger partial charge in [-0.25, -0.2) is 5.48 Å². The van der Waals surface area contributed by atoms with E-state index in [0.29, 0.717) is 5.69 Å². The average Bonchev–Trinajstić information content (AvgIpc) is 2.71. The summed E-state index contributed by atoms with van der Waals surface area (Å²) in [6, 6.07) is 12.4. The van der Waals surface area contributed by atoms with Crippen molar-refractivity contribution >= 4 is 23.4 Å². The summed E-state index contributed by atoms with van der Waals surface area (Å²) in [5.74, 6) is -1.77. The van der Waals surface area contributed by atoms with Gasteiger partial charge in [-0.2, -0.15) is 0 Å². The molecular formula is C19H22N4O5. The Morgan fingerprint density at radius 3 is 2.00 bits per heavy atom. The minimum atomic E-state index is -1.28. The van der Waals surface area contributed by atoms with Crippen molar-refractivity contribution in [2.24, 2.45) is 5.73 Å². The summed E-state index contributed by atoms with van der Waals surface area (Å²) in [5, 5.41) is 23.3. The standard InChI is InChI=1S/C19H22N4O5/c1-11(24)17(19(27)23-28)22-18(26)14-4-2-12(3-5-14)13-6-8-15(9-7-13)21-16(25)10-20/h2-9,11,17,24,28H,10,20H2,1H3,(H,21,25)(H,22,26)(H,23,27)/t11-,17+/m1/s1. The van der Waals surface area contributed by atoms with E-state index in [4.69, 9.17) is 10.9 Å². The van der Waals surface area contributed by atoms with E-state index in [-0.39, 0.29) is 18.0 Å². The van der Waals surface area contributed by atoms with E-state index < -0.39 is 24.0 Å². The molecule has 0 aromatic heterocycles. The number of carbonyl (C=O) groups excluding carboxylic acids is 3. The number of rotatable bonds is 7. The van der Waals surface area contributed by atoms with Crippen LogP contribution in [0.25, 0.3) is 11.1 Å². The molecule has 2 rings (SSSR count). The molecule has 0 radical (unpaired) electrons. The molecule has 0 aliphatic carbocycles. The Morgan fingerprint density at radius 2 is 1.54 bits per heavy atom. The number of nitrogens with two attached hydrogens (primary N) is 1. The third-order valence-corrected chi connectivity index (χ3v) is 4.00. The third kappa shape index (κ3) is 5.36. The minimum absolute atomic E-state index is 0.0961. The number of anilines is 1. The molecular weight excluding hydrogens is 364 g/mol. The van der Waals surface area contributed by atoms with Gasteiger partial charge in [0.1, 0.15) is 6.04 Å². The zero-order valence-electron chi connectivity index (χ0n) is 15.2. The fourth-order valence-electron chi connectivity index (χ4n) is 2.47. The zero-order chi connectivity index (χ0) is 20.7. The highest BCUT2D eigenvalue weighted by Crippen LogP contribution is 2.22. The first-order valence-electron chi connectivity index (χ1n) is 8.49. The van der Waals surface area contributed by atoms with E-state index in [1.54, 1.807) is 36.4 Å². The lowest BCUT2D eigenvalue weighted by Crippen LogP contribution is -2.51. The van der Waals surface area contributed by atoms with Crippen LogP contribution in [0.1, 0.15) is 17.3 Å². The Morgan fingerprint density at radius 1 is 1.00 bits per heavy atom. The number of aliphatic hydroxyl groups excluding tert-OH is 1. The maximum atomic E-state index is 12.3. The molecule has 148 valence electrons. The van der Waals surface area contributed by atoms with E-state index in [2.05, 4.69) is 10.6 Å². The van der Waals surface area contributed by atoms with Crippen LogP contribution in [-0.2, 0) is 9.59 Å². The lowest BCUT2D eigenvalue weighted by Gasteiger charge is -2.19. The van der Waals surface area contributed by atoms with Gasteiger partial charge < -0.3 is 21.5 Å². The normalized spacial score (nSPS) is 12.6. The number of hydroxylamine groups is 1. The van der Waals surface area contributed by atoms with E-state index in [1.807, 2.05) is 12.1 Å². The zero-order valence-corrected chi connectivity index (χ0v) is 15.2. The first-order chi connectivity index (χ1) is 13.3. The molecule has 2 aromatic carbocycles. The topological polar surface area (TPSA) is 154 Å². The Kier molecular flexibility index (Phi) is 7.21. The molecule has 0 aliphatic heterocycles. The second kappa shape index (κ2) is 9.60. The number of carbonyl (C=O) groups is 3. The van der Waals surface area contributed by atoms with Gasteiger partial charge in [0, 0.05) is 11.3 Å². The first-order valence-corrected chi connectivity index (χ1v) is 8.49. The fourth-order valence-corrected chi connectivity index (χ4v) is 2.47. The summed E-state index contributed by atoms with van der Waals surface area (Å²) in [6.07, 6.45) is -1.19. The van der Waals surface area contributed by atoms with E-state index in [0.717, 1.165) is 11.1 Å². The van der Waals surface area contributed by atoms with Crippen molar-refractivity contribution < 1.29 is 24.7 Å². The van der Waals surface area contributed by atoms with Crippen molar-refractivity contribution in [3.63, 3.8) is 0 Å². The fraction of sp³-hybridized carbons (Fsp3) is 0.211. The number of nitrogens with one attached hydrogen (secondary N) is 3. The van der Waals surface area contributed by atoms with Gasteiger partial charge in [0.05, 0.1) is 12.6 Å². The predicted molar refractivity (Wildman–Crippen MR) is 102 cm³/mol. The monoisotopic (exact) mass is 386 g/mol. The number of amides is 3. The van der Waals surface area contributed by atoms with Crippen molar-refractivity contribution in [1.82, 2.24) is 10.8 Å². The Hall–Kier alpha value is -3.27. The summed E-state index contributed by atoms with van der Waals surface area (Å²) >= 11 is 0. The molecule has 0 aliphatic rings. The summed E-state index contributed by atoms with van der Waals surface area (Å²) in [5.41, 5.74) is 9.29. The highest BCUT2D eigenvalue weighted by Gasteiger charge is 2.25. The molecule has 0 saturated carbocycles. The van der Waals surface area contributed by atoms with Crippen LogP contribution in [0.4, 0.5) is 5.69 Å². The lowest BCUT2D eigenvalue weighted by molar-refractivity contribution is -0.133. The molecule has 0 heterocycles.